The number of carbonyl (C=O) groups is 2. The molecule has 242 valence electrons. The van der Waals surface area contributed by atoms with Crippen LogP contribution in [0.2, 0.25) is 0 Å². The molecule has 1 fully saturated rings. The summed E-state index contributed by atoms with van der Waals surface area (Å²) in [5.41, 5.74) is 1.07. The fourth-order valence-corrected chi connectivity index (χ4v) is 6.78. The molecule has 5 heterocycles. The maximum Gasteiger partial charge on any atom is 0.286 e. The number of aromatic nitrogens is 2. The van der Waals surface area contributed by atoms with Crippen LogP contribution >= 0.6 is 0 Å². The highest BCUT2D eigenvalue weighted by Gasteiger charge is 2.47. The summed E-state index contributed by atoms with van der Waals surface area (Å²) in [7, 11) is 0. The lowest BCUT2D eigenvalue weighted by Crippen LogP contribution is -2.56. The summed E-state index contributed by atoms with van der Waals surface area (Å²) < 4.78 is 12.8. The third kappa shape index (κ3) is 4.12. The number of phenols is 2. The number of nitrogens with zero attached hydrogens (tertiary/aromatic N) is 2. The van der Waals surface area contributed by atoms with E-state index >= 15 is 0 Å². The zero-order valence-corrected chi connectivity index (χ0v) is 24.2. The molecule has 8 rings (SSSR count). The number of benzene rings is 3. The van der Waals surface area contributed by atoms with Crippen molar-refractivity contribution in [1.29, 1.82) is 0 Å². The molecule has 3 aromatic carbocycles. The minimum absolute atomic E-state index is 0.00846. The van der Waals surface area contributed by atoms with Crippen LogP contribution in [0.4, 0.5) is 0 Å². The van der Waals surface area contributed by atoms with E-state index in [4.69, 9.17) is 14.0 Å². The molecule has 0 bridgehead atoms. The fourth-order valence-electron chi connectivity index (χ4n) is 6.78. The number of aliphatic hydroxyl groups is 5. The molecular formula is C32H27N3O12. The highest BCUT2D eigenvalue weighted by atomic mass is 16.7. The van der Waals surface area contributed by atoms with Gasteiger partial charge in [0.25, 0.3) is 11.8 Å². The number of fused-ring (bicyclic) bond motifs is 10. The van der Waals surface area contributed by atoms with E-state index < -0.39 is 49.1 Å². The molecule has 8 N–H and O–H groups in total. The Morgan fingerprint density at radius 2 is 1.49 bits per heavy atom. The number of hydroxylamine groups is 2. The van der Waals surface area contributed by atoms with Gasteiger partial charge in [-0.05, 0) is 36.4 Å². The maximum absolute atomic E-state index is 14.2. The Bertz CT molecular complexity index is 2270. The van der Waals surface area contributed by atoms with Gasteiger partial charge in [-0.1, -0.05) is 0 Å². The van der Waals surface area contributed by atoms with Gasteiger partial charge in [0, 0.05) is 33.7 Å². The van der Waals surface area contributed by atoms with Crippen molar-refractivity contribution in [1.82, 2.24) is 14.6 Å². The van der Waals surface area contributed by atoms with Crippen LogP contribution in [0, 0.1) is 0 Å². The second-order valence-electron chi connectivity index (χ2n) is 11.6. The number of imide groups is 1. The van der Waals surface area contributed by atoms with E-state index in [1.807, 2.05) is 0 Å². The summed E-state index contributed by atoms with van der Waals surface area (Å²) in [4.78, 5) is 37.3. The van der Waals surface area contributed by atoms with Crippen molar-refractivity contribution in [2.75, 3.05) is 6.61 Å². The molecule has 5 unspecified atom stereocenters. The third-order valence-corrected chi connectivity index (χ3v) is 8.88. The number of hydrogen-bond donors (Lipinski definition) is 8. The predicted molar refractivity (Wildman–Crippen MR) is 161 cm³/mol. The lowest BCUT2D eigenvalue weighted by atomic mass is 9.96. The maximum atomic E-state index is 14.2. The second-order valence-corrected chi connectivity index (χ2v) is 11.6. The Labute approximate surface area is 262 Å². The molecule has 6 aromatic rings. The lowest BCUT2D eigenvalue weighted by molar-refractivity contribution is -0.249. The van der Waals surface area contributed by atoms with Gasteiger partial charge in [-0.2, -0.15) is 0 Å². The molecule has 0 radical (unpaired) electrons. The largest absolute Gasteiger partial charge is 0.508 e. The van der Waals surface area contributed by atoms with Crippen LogP contribution in [0.3, 0.4) is 0 Å². The number of hydrogen-bond acceptors (Lipinski definition) is 12. The van der Waals surface area contributed by atoms with Crippen LogP contribution in [-0.2, 0) is 22.8 Å². The number of nitrogens with one attached hydrogen (secondary N) is 1. The Morgan fingerprint density at radius 3 is 2.19 bits per heavy atom. The van der Waals surface area contributed by atoms with E-state index in [9.17, 15) is 45.3 Å². The molecule has 2 amide bonds. The molecule has 5 atom stereocenters. The van der Waals surface area contributed by atoms with Crippen molar-refractivity contribution < 1.29 is 59.3 Å². The summed E-state index contributed by atoms with van der Waals surface area (Å²) in [6.45, 7) is -1.37. The number of furan rings is 1. The summed E-state index contributed by atoms with van der Waals surface area (Å²) in [6, 6.07) is 11.7. The monoisotopic (exact) mass is 645 g/mol. The van der Waals surface area contributed by atoms with Crippen LogP contribution < -0.4 is 0 Å². The van der Waals surface area contributed by atoms with E-state index in [1.165, 1.54) is 47.0 Å². The average molecular weight is 646 g/mol. The first-order valence-electron chi connectivity index (χ1n) is 14.6. The van der Waals surface area contributed by atoms with Crippen LogP contribution in [0.1, 0.15) is 38.5 Å². The Hall–Kier alpha value is -5.00. The topological polar surface area (TPSA) is 231 Å². The number of aromatic hydroxyl groups is 2. The highest BCUT2D eigenvalue weighted by Crippen LogP contribution is 2.48. The second kappa shape index (κ2) is 10.5. The van der Waals surface area contributed by atoms with Gasteiger partial charge < -0.3 is 54.5 Å². The van der Waals surface area contributed by atoms with E-state index in [0.717, 1.165) is 0 Å². The van der Waals surface area contributed by atoms with Crippen LogP contribution in [0.25, 0.3) is 43.6 Å². The standard InChI is InChI=1S/C32H27N3O12/c36-9-14-3-4-15(46-14)11-45-35-30(43)23-21-16-5-1-12(38)7-18(16)33-25(21)26-22(24(23)31(35)44)17-6-2-13(39)8-19(17)34(26)32-29(42)28(41)27(40)20(10-37)47-32/h1-8,20,27-29,32-33,36-42H,9-11H2. The molecule has 47 heavy (non-hydrogen) atoms. The Kier molecular flexibility index (Phi) is 6.58. The number of rotatable bonds is 6. The van der Waals surface area contributed by atoms with Crippen LogP contribution in [-0.4, -0.2) is 93.2 Å². The number of carbonyl (C=O) groups excluding carboxylic acids is 2. The molecule has 3 aromatic heterocycles. The summed E-state index contributed by atoms with van der Waals surface area (Å²) in [6.07, 6.45) is -7.90. The lowest BCUT2D eigenvalue weighted by Gasteiger charge is -2.41. The van der Waals surface area contributed by atoms with Gasteiger partial charge in [0.05, 0.1) is 39.8 Å². The van der Waals surface area contributed by atoms with Crippen molar-refractivity contribution in [3.63, 3.8) is 0 Å². The number of aromatic amines is 1. The number of amides is 2. The molecule has 0 aliphatic carbocycles. The van der Waals surface area contributed by atoms with Crippen molar-refractivity contribution in [2.45, 2.75) is 43.9 Å². The normalized spacial score (nSPS) is 23.3. The molecule has 2 aliphatic rings. The number of H-pyrrole nitrogens is 1. The van der Waals surface area contributed by atoms with Crippen molar-refractivity contribution in [3.05, 3.63) is 71.2 Å². The molecule has 15 nitrogen and oxygen atoms in total. The van der Waals surface area contributed by atoms with Gasteiger partial charge in [0.1, 0.15) is 60.6 Å². The summed E-state index contributed by atoms with van der Waals surface area (Å²) in [5.74, 6) is -1.36. The van der Waals surface area contributed by atoms with E-state index in [0.29, 0.717) is 21.4 Å². The number of ether oxygens (including phenoxy) is 1. The summed E-state index contributed by atoms with van der Waals surface area (Å²) >= 11 is 0. The van der Waals surface area contributed by atoms with Crippen molar-refractivity contribution in [3.8, 4) is 11.5 Å². The van der Waals surface area contributed by atoms with E-state index in [1.54, 1.807) is 6.07 Å². The smallest absolute Gasteiger partial charge is 0.286 e. The zero-order valence-electron chi connectivity index (χ0n) is 24.2. The van der Waals surface area contributed by atoms with E-state index in [2.05, 4.69) is 4.98 Å². The van der Waals surface area contributed by atoms with Gasteiger partial charge in [-0.15, -0.1) is 5.06 Å². The highest BCUT2D eigenvalue weighted by molar-refractivity contribution is 6.39. The van der Waals surface area contributed by atoms with Crippen molar-refractivity contribution >= 4 is 55.4 Å². The van der Waals surface area contributed by atoms with Gasteiger partial charge in [0.2, 0.25) is 0 Å². The average Bonchev–Trinajstić information content (AvgIpc) is 3.81. The van der Waals surface area contributed by atoms with Crippen LogP contribution in [0.5, 0.6) is 11.5 Å². The summed E-state index contributed by atoms with van der Waals surface area (Å²) in [5, 5.41) is 74.5. The molecule has 2 aliphatic heterocycles. The fraction of sp³-hybridized carbons (Fsp3) is 0.250. The molecular weight excluding hydrogens is 618 g/mol. The van der Waals surface area contributed by atoms with E-state index in [-0.39, 0.29) is 74.7 Å². The molecule has 0 spiro atoms. The predicted octanol–water partition coefficient (Wildman–Crippen LogP) is 1.63. The number of aliphatic hydroxyl groups excluding tert-OH is 5. The molecule has 0 saturated carbocycles. The minimum Gasteiger partial charge on any atom is -0.508 e. The zero-order chi connectivity index (χ0) is 32.9. The van der Waals surface area contributed by atoms with Gasteiger partial charge in [0.15, 0.2) is 6.23 Å². The quantitative estimate of drug-likeness (QED) is 0.121. The number of phenolic OH excluding ortho intramolecular Hbond substituents is 2. The molecule has 15 heteroatoms. The van der Waals surface area contributed by atoms with Crippen molar-refractivity contribution in [2.24, 2.45) is 0 Å². The third-order valence-electron chi connectivity index (χ3n) is 8.88. The first-order chi connectivity index (χ1) is 22.6. The van der Waals surface area contributed by atoms with Gasteiger partial charge in [-0.3, -0.25) is 14.4 Å². The Balaban J connectivity index is 1.44. The Morgan fingerprint density at radius 1 is 0.809 bits per heavy atom. The SMILES string of the molecule is O=C1c2c(c3c4ccc(O)cc4n(C4OC(CO)C(O)C(O)C4O)c3c3[nH]c4cc(O)ccc4c23)C(=O)N1OCc1ccc(CO)o1. The molecule has 1 saturated heterocycles. The van der Waals surface area contributed by atoms with Gasteiger partial charge in [-0.25, -0.2) is 0 Å². The van der Waals surface area contributed by atoms with Crippen LogP contribution in [0.15, 0.2) is 52.9 Å². The van der Waals surface area contributed by atoms with Gasteiger partial charge >= 0.3 is 0 Å². The first-order valence-corrected chi connectivity index (χ1v) is 14.6. The minimum atomic E-state index is -1.75. The first kappa shape index (κ1) is 29.4.